The first-order valence-corrected chi connectivity index (χ1v) is 5.52. The van der Waals surface area contributed by atoms with E-state index in [0.717, 1.165) is 18.0 Å². The fourth-order valence-corrected chi connectivity index (χ4v) is 1.32. The molecule has 15 heavy (non-hydrogen) atoms. The van der Waals surface area contributed by atoms with Crippen molar-refractivity contribution in [1.82, 2.24) is 0 Å². The van der Waals surface area contributed by atoms with Gasteiger partial charge in [-0.05, 0) is 24.3 Å². The van der Waals surface area contributed by atoms with Crippen LogP contribution in [0.2, 0.25) is 0 Å². The SMILES string of the molecule is CN(CCOCCS)c1ccc(F)cc1. The van der Waals surface area contributed by atoms with Crippen LogP contribution >= 0.6 is 12.6 Å². The average molecular weight is 229 g/mol. The largest absolute Gasteiger partial charge is 0.379 e. The molecule has 0 atom stereocenters. The topological polar surface area (TPSA) is 12.5 Å². The van der Waals surface area contributed by atoms with Crippen molar-refractivity contribution in [3.05, 3.63) is 30.1 Å². The number of thiol groups is 1. The molecule has 0 radical (unpaired) electrons. The molecule has 0 bridgehead atoms. The highest BCUT2D eigenvalue weighted by atomic mass is 32.1. The second kappa shape index (κ2) is 6.69. The predicted molar refractivity (Wildman–Crippen MR) is 64.3 cm³/mol. The summed E-state index contributed by atoms with van der Waals surface area (Å²) in [5.74, 6) is 0.527. The van der Waals surface area contributed by atoms with E-state index < -0.39 is 0 Å². The van der Waals surface area contributed by atoms with Crippen molar-refractivity contribution in [2.24, 2.45) is 0 Å². The van der Waals surface area contributed by atoms with Crippen LogP contribution in [0.3, 0.4) is 0 Å². The van der Waals surface area contributed by atoms with Gasteiger partial charge in [0.1, 0.15) is 5.82 Å². The van der Waals surface area contributed by atoms with Gasteiger partial charge in [-0.3, -0.25) is 0 Å². The standard InChI is InChI=1S/C11H16FNOS/c1-13(6-7-14-8-9-15)11-4-2-10(12)3-5-11/h2-5,15H,6-9H2,1H3. The van der Waals surface area contributed by atoms with E-state index in [4.69, 9.17) is 4.74 Å². The van der Waals surface area contributed by atoms with Crippen molar-refractivity contribution in [2.75, 3.05) is 37.5 Å². The fraction of sp³-hybridized carbons (Fsp3) is 0.455. The monoisotopic (exact) mass is 229 g/mol. The van der Waals surface area contributed by atoms with Crippen LogP contribution in [0.25, 0.3) is 0 Å². The highest BCUT2D eigenvalue weighted by Crippen LogP contribution is 2.12. The summed E-state index contributed by atoms with van der Waals surface area (Å²) in [5.41, 5.74) is 0.992. The number of hydrogen-bond acceptors (Lipinski definition) is 3. The van der Waals surface area contributed by atoms with Gasteiger partial charge < -0.3 is 9.64 Å². The summed E-state index contributed by atoms with van der Waals surface area (Å²) in [4.78, 5) is 2.03. The summed E-state index contributed by atoms with van der Waals surface area (Å²) in [6.07, 6.45) is 0. The molecule has 1 rings (SSSR count). The molecular weight excluding hydrogens is 213 g/mol. The lowest BCUT2D eigenvalue weighted by atomic mass is 10.3. The lowest BCUT2D eigenvalue weighted by Crippen LogP contribution is -2.22. The van der Waals surface area contributed by atoms with Gasteiger partial charge in [-0.15, -0.1) is 0 Å². The molecule has 2 nitrogen and oxygen atoms in total. The number of nitrogens with zero attached hydrogens (tertiary/aromatic N) is 1. The van der Waals surface area contributed by atoms with Gasteiger partial charge in [0.05, 0.1) is 13.2 Å². The molecule has 0 unspecified atom stereocenters. The van der Waals surface area contributed by atoms with Crippen molar-refractivity contribution in [3.63, 3.8) is 0 Å². The Balaban J connectivity index is 2.33. The van der Waals surface area contributed by atoms with E-state index in [2.05, 4.69) is 12.6 Å². The van der Waals surface area contributed by atoms with E-state index in [1.807, 2.05) is 11.9 Å². The van der Waals surface area contributed by atoms with E-state index in [1.54, 1.807) is 12.1 Å². The second-order valence-electron chi connectivity index (χ2n) is 3.23. The van der Waals surface area contributed by atoms with Crippen molar-refractivity contribution >= 4 is 18.3 Å². The highest BCUT2D eigenvalue weighted by molar-refractivity contribution is 7.80. The number of ether oxygens (including phenoxy) is 1. The molecule has 0 aliphatic carbocycles. The van der Waals surface area contributed by atoms with Crippen molar-refractivity contribution in [3.8, 4) is 0 Å². The van der Waals surface area contributed by atoms with Crippen LogP contribution in [0.4, 0.5) is 10.1 Å². The van der Waals surface area contributed by atoms with Gasteiger partial charge in [-0.1, -0.05) is 0 Å². The Morgan fingerprint density at radius 1 is 1.27 bits per heavy atom. The van der Waals surface area contributed by atoms with E-state index in [0.29, 0.717) is 13.2 Å². The lowest BCUT2D eigenvalue weighted by molar-refractivity contribution is 0.157. The summed E-state index contributed by atoms with van der Waals surface area (Å²) in [5, 5.41) is 0. The third-order valence-electron chi connectivity index (χ3n) is 2.07. The van der Waals surface area contributed by atoms with E-state index in [1.165, 1.54) is 12.1 Å². The van der Waals surface area contributed by atoms with Crippen molar-refractivity contribution < 1.29 is 9.13 Å². The molecule has 0 saturated carbocycles. The minimum Gasteiger partial charge on any atom is -0.379 e. The molecule has 0 aliphatic rings. The zero-order chi connectivity index (χ0) is 11.1. The molecule has 1 aromatic carbocycles. The van der Waals surface area contributed by atoms with Gasteiger partial charge in [-0.25, -0.2) is 4.39 Å². The molecule has 84 valence electrons. The second-order valence-corrected chi connectivity index (χ2v) is 3.68. The number of rotatable bonds is 6. The molecule has 0 heterocycles. The summed E-state index contributed by atoms with van der Waals surface area (Å²) in [6, 6.07) is 6.43. The van der Waals surface area contributed by atoms with Crippen LogP contribution in [0.15, 0.2) is 24.3 Å². The van der Waals surface area contributed by atoms with Crippen molar-refractivity contribution in [1.29, 1.82) is 0 Å². The fourth-order valence-electron chi connectivity index (χ4n) is 1.19. The number of benzene rings is 1. The van der Waals surface area contributed by atoms with Crippen LogP contribution in [0, 0.1) is 5.82 Å². The quantitative estimate of drug-likeness (QED) is 0.593. The summed E-state index contributed by atoms with van der Waals surface area (Å²) in [7, 11) is 1.96. The molecule has 0 N–H and O–H groups in total. The Hall–Kier alpha value is -0.740. The maximum absolute atomic E-state index is 12.7. The molecule has 0 aliphatic heterocycles. The Labute approximate surface area is 95.5 Å². The Bertz CT molecular complexity index is 278. The van der Waals surface area contributed by atoms with Crippen LogP contribution in [-0.2, 0) is 4.74 Å². The Kier molecular flexibility index (Phi) is 5.50. The molecular formula is C11H16FNOS. The Morgan fingerprint density at radius 2 is 1.93 bits per heavy atom. The third kappa shape index (κ3) is 4.53. The van der Waals surface area contributed by atoms with Gasteiger partial charge in [0, 0.05) is 25.0 Å². The van der Waals surface area contributed by atoms with Crippen LogP contribution in [0.1, 0.15) is 0 Å². The predicted octanol–water partition coefficient (Wildman–Crippen LogP) is 2.21. The molecule has 0 aromatic heterocycles. The van der Waals surface area contributed by atoms with Gasteiger partial charge >= 0.3 is 0 Å². The summed E-state index contributed by atoms with van der Waals surface area (Å²) >= 11 is 4.05. The van der Waals surface area contributed by atoms with Crippen molar-refractivity contribution in [2.45, 2.75) is 0 Å². The number of hydrogen-bond donors (Lipinski definition) is 1. The first-order chi connectivity index (χ1) is 7.24. The minimum atomic E-state index is -0.210. The van der Waals surface area contributed by atoms with Crippen LogP contribution in [0.5, 0.6) is 0 Å². The molecule has 0 fully saturated rings. The average Bonchev–Trinajstić information content (AvgIpc) is 2.25. The first-order valence-electron chi connectivity index (χ1n) is 4.89. The molecule has 0 saturated heterocycles. The number of halogens is 1. The van der Waals surface area contributed by atoms with Crippen LogP contribution in [-0.4, -0.2) is 32.6 Å². The molecule has 0 spiro atoms. The number of likely N-dealkylation sites (N-methyl/N-ethyl adjacent to an activating group) is 1. The maximum Gasteiger partial charge on any atom is 0.123 e. The first kappa shape index (κ1) is 12.3. The van der Waals surface area contributed by atoms with Gasteiger partial charge in [0.2, 0.25) is 0 Å². The van der Waals surface area contributed by atoms with E-state index in [-0.39, 0.29) is 5.82 Å². The van der Waals surface area contributed by atoms with Gasteiger partial charge in [-0.2, -0.15) is 12.6 Å². The summed E-state index contributed by atoms with van der Waals surface area (Å²) < 4.78 is 18.0. The van der Waals surface area contributed by atoms with E-state index in [9.17, 15) is 4.39 Å². The smallest absolute Gasteiger partial charge is 0.123 e. The lowest BCUT2D eigenvalue weighted by Gasteiger charge is -2.18. The Morgan fingerprint density at radius 3 is 2.53 bits per heavy atom. The zero-order valence-corrected chi connectivity index (χ0v) is 9.71. The maximum atomic E-state index is 12.7. The minimum absolute atomic E-state index is 0.210. The van der Waals surface area contributed by atoms with Gasteiger partial charge in [0.25, 0.3) is 0 Å². The third-order valence-corrected chi connectivity index (χ3v) is 2.26. The highest BCUT2D eigenvalue weighted by Gasteiger charge is 2.00. The summed E-state index contributed by atoms with van der Waals surface area (Å²) in [6.45, 7) is 2.12. The van der Waals surface area contributed by atoms with E-state index >= 15 is 0 Å². The van der Waals surface area contributed by atoms with Crippen LogP contribution < -0.4 is 4.90 Å². The number of anilines is 1. The molecule has 1 aromatic rings. The normalized spacial score (nSPS) is 10.3. The zero-order valence-electron chi connectivity index (χ0n) is 8.82. The molecule has 4 heteroatoms. The van der Waals surface area contributed by atoms with Gasteiger partial charge in [0.15, 0.2) is 0 Å². The molecule has 0 amide bonds.